The van der Waals surface area contributed by atoms with Crippen LogP contribution in [0.15, 0.2) is 0 Å². The zero-order valence-electron chi connectivity index (χ0n) is 59.6. The van der Waals surface area contributed by atoms with E-state index in [9.17, 15) is 150 Å². The van der Waals surface area contributed by atoms with Gasteiger partial charge in [-0.15, -0.1) is 0 Å². The third-order valence-corrected chi connectivity index (χ3v) is 20.6. The van der Waals surface area contributed by atoms with Crippen LogP contribution in [-0.2, 0) is 109 Å². The maximum absolute atomic E-state index is 13.5. The molecule has 9 fully saturated rings. The van der Waals surface area contributed by atoms with Crippen LogP contribution >= 0.6 is 0 Å². The highest BCUT2D eigenvalue weighted by Crippen LogP contribution is 2.41. The zero-order valence-corrected chi connectivity index (χ0v) is 60.4. The molecule has 9 heterocycles. The summed E-state index contributed by atoms with van der Waals surface area (Å²) in [5.41, 5.74) is 0. The molecule has 650 valence electrons. The van der Waals surface area contributed by atoms with Crippen molar-refractivity contribution in [1.82, 2.24) is 16.0 Å². The van der Waals surface area contributed by atoms with Gasteiger partial charge < -0.3 is 219 Å². The molecule has 51 nitrogen and oxygen atoms in total. The van der Waals surface area contributed by atoms with Crippen LogP contribution in [0.1, 0.15) is 27.7 Å². The van der Waals surface area contributed by atoms with Crippen LogP contribution in [0.3, 0.4) is 0 Å². The van der Waals surface area contributed by atoms with Crippen LogP contribution in [0.5, 0.6) is 0 Å². The van der Waals surface area contributed by atoms with Crippen LogP contribution in [0, 0.1) is 0 Å². The van der Waals surface area contributed by atoms with E-state index in [1.54, 1.807) is 0 Å². The Kier molecular flexibility index (Phi) is 32.8. The molecule has 0 aromatic heterocycles. The van der Waals surface area contributed by atoms with E-state index in [1.165, 1.54) is 6.92 Å². The van der Waals surface area contributed by atoms with Gasteiger partial charge in [0.2, 0.25) is 17.7 Å². The molecule has 0 aliphatic carbocycles. The Morgan fingerprint density at radius 2 is 0.625 bits per heavy atom. The van der Waals surface area contributed by atoms with Gasteiger partial charge in [0.15, 0.2) is 56.6 Å². The van der Waals surface area contributed by atoms with Gasteiger partial charge in [-0.1, -0.05) is 0 Å². The molecule has 9 aliphatic rings. The summed E-state index contributed by atoms with van der Waals surface area (Å²) in [6.45, 7) is -5.38. The highest BCUT2D eigenvalue weighted by Gasteiger charge is 2.61. The summed E-state index contributed by atoms with van der Waals surface area (Å²) in [5, 5.41) is 274. The summed E-state index contributed by atoms with van der Waals surface area (Å²) in [4.78, 5) is 38.6. The average Bonchev–Trinajstić information content (AvgIpc) is 0.763. The number of hydrogen-bond acceptors (Lipinski definition) is 47. The van der Waals surface area contributed by atoms with Gasteiger partial charge in [-0.25, -0.2) is 4.18 Å². The molecular weight excluding hydrogens is 1560 g/mol. The molecule has 9 saturated heterocycles. The van der Waals surface area contributed by atoms with Gasteiger partial charge in [-0.3, -0.25) is 18.9 Å². The topological polar surface area (TPSA) is 793 Å². The third kappa shape index (κ3) is 20.7. The van der Waals surface area contributed by atoms with E-state index in [0.717, 1.165) is 20.8 Å². The maximum Gasteiger partial charge on any atom is 0.397 e. The molecule has 0 bridgehead atoms. The maximum atomic E-state index is 13.5. The minimum Gasteiger partial charge on any atom is -0.394 e. The van der Waals surface area contributed by atoms with Crippen molar-refractivity contribution >= 4 is 28.1 Å². The molecule has 0 aromatic carbocycles. The number of aliphatic hydroxyl groups excluding tert-OH is 24. The van der Waals surface area contributed by atoms with Gasteiger partial charge in [0.05, 0.1) is 59.0 Å². The second-order valence-corrected chi connectivity index (χ2v) is 29.0. The SMILES string of the molecule is CC(=O)N[C@@H]1[C@@H](O)[C@H](O[C@@H]2O[C@H](CO)[C@@H](O[C@@H]3O[C@H](CO[C@H]4O[C@H](CO)[C@@H](O)[C@H](O[C@H]5O[C@H](CO)[C@@H](O)[C@H](O)[C@@H]5O)[C@@H]4O)[C@@H](O)[C@H](O[C@H]4O[C@H](COS(=O)(=O)O)[C@@H](O)[C@H](O)[C@@H]4O[C@@H]4O[C@H](CO)[C@@H](O[C@@H]5O[C@H](CO)[C@H](O)[C@H](O)[C@H]5O)[C@H](O[C@@H]5O[C@@H](C)[C@@H](O)[C@@H](O)[C@@H]5O)[C@H]4NC(C)=O)[C@@H]3O)[C@H](O)[C@H]2NC(C)=O)[C@@H](CO)O[C@H]1O. The lowest BCUT2D eigenvalue weighted by atomic mass is 9.93. The van der Waals surface area contributed by atoms with Gasteiger partial charge in [-0.05, 0) is 6.92 Å². The lowest BCUT2D eigenvalue weighted by Gasteiger charge is -2.52. The largest absolute Gasteiger partial charge is 0.397 e. The van der Waals surface area contributed by atoms with Crippen molar-refractivity contribution in [3.63, 3.8) is 0 Å². The first-order valence-electron chi connectivity index (χ1n) is 35.2. The number of rotatable bonds is 29. The van der Waals surface area contributed by atoms with Crippen molar-refractivity contribution in [2.24, 2.45) is 0 Å². The zero-order chi connectivity index (χ0) is 82.7. The average molecular weight is 1660 g/mol. The number of amides is 3. The minimum atomic E-state index is -5.52. The lowest BCUT2D eigenvalue weighted by Crippen LogP contribution is -2.71. The summed E-state index contributed by atoms with van der Waals surface area (Å²) in [5.74, 6) is -2.84. The Bertz CT molecular complexity index is 3100. The summed E-state index contributed by atoms with van der Waals surface area (Å²) in [7, 11) is -5.52. The van der Waals surface area contributed by atoms with Crippen molar-refractivity contribution < 1.29 is 235 Å². The summed E-state index contributed by atoms with van der Waals surface area (Å²) >= 11 is 0. The smallest absolute Gasteiger partial charge is 0.394 e. The molecule has 45 atom stereocenters. The molecule has 52 heteroatoms. The van der Waals surface area contributed by atoms with E-state index < -0.39 is 357 Å². The molecule has 112 heavy (non-hydrogen) atoms. The number of hydrogen-bond donors (Lipinski definition) is 28. The van der Waals surface area contributed by atoms with Crippen molar-refractivity contribution in [1.29, 1.82) is 0 Å². The normalized spacial score (nSPS) is 49.1. The quantitative estimate of drug-likeness (QED) is 0.0309. The number of nitrogens with one attached hydrogen (secondary N) is 3. The Hall–Kier alpha value is -3.36. The van der Waals surface area contributed by atoms with Crippen molar-refractivity contribution in [3.05, 3.63) is 0 Å². The van der Waals surface area contributed by atoms with Gasteiger partial charge in [0.25, 0.3) is 0 Å². The number of carbonyl (C=O) groups is 3. The van der Waals surface area contributed by atoms with Crippen LogP contribution in [0.25, 0.3) is 0 Å². The minimum absolute atomic E-state index is 0.804. The van der Waals surface area contributed by atoms with Crippen LogP contribution in [0.2, 0.25) is 0 Å². The van der Waals surface area contributed by atoms with E-state index >= 15 is 0 Å². The molecule has 28 N–H and O–H groups in total. The molecule has 0 spiro atoms. The fourth-order valence-electron chi connectivity index (χ4n) is 14.1. The fraction of sp³-hybridized carbons (Fsp3) is 0.950. The van der Waals surface area contributed by atoms with Crippen molar-refractivity contribution in [3.8, 4) is 0 Å². The Morgan fingerprint density at radius 1 is 0.295 bits per heavy atom. The molecule has 9 aliphatic heterocycles. The molecule has 3 amide bonds. The van der Waals surface area contributed by atoms with E-state index in [2.05, 4.69) is 20.1 Å². The standard InChI is InChI=1S/C60H101N3O48S/c1-13-28(73)36(81)40(85)56(96-13)108-48-27(63-16(4)72)54(102-22(10-69)47(48)107-57-41(86)37(82)29(74)17(5-64)99-57)111-51-39(84)31(76)24(12-95-112(91,92)93)104-60(51)110-50-33(78)23(11-94-55-43(88)49(32(77)19(7-66)98-55)109-58-42(87)38(83)30(75)18(6-65)100-58)103-59(44(50)89)106-46-21(9-68)101-53(26(35(46)80)62-15(3)71)105-45-20(8-67)97-52(90)25(34(45)79)61-14(2)70/h13,17-60,64-69,73-90H,5-12H2,1-4H3,(H,61,70)(H,62,71)(H,63,72)(H,91,92,93)/t13-,17+,18+,19+,20+,21+,22+,23+,24+,25+,26+,27+,28+,29-,30+,31+,32+,33+,34+,35+,36+,37-,38-,39-,40-,41+,42-,43-,44-,45+,46+,47+,48+,49-,50-,51-,52+,53-,54-,55-,56-,57-,58+,59-,60+/m0/s1. The van der Waals surface area contributed by atoms with Gasteiger partial charge in [0, 0.05) is 20.8 Å². The van der Waals surface area contributed by atoms with E-state index in [0.29, 0.717) is 0 Å². The van der Waals surface area contributed by atoms with Gasteiger partial charge in [-0.2, -0.15) is 8.42 Å². The fourth-order valence-corrected chi connectivity index (χ4v) is 14.4. The van der Waals surface area contributed by atoms with Crippen molar-refractivity contribution in [2.45, 2.75) is 304 Å². The van der Waals surface area contributed by atoms with Gasteiger partial charge >= 0.3 is 10.4 Å². The monoisotopic (exact) mass is 1660 g/mol. The second kappa shape index (κ2) is 39.7. The summed E-state index contributed by atoms with van der Waals surface area (Å²) in [6, 6.07) is -5.76. The predicted molar refractivity (Wildman–Crippen MR) is 341 cm³/mol. The predicted octanol–water partition coefficient (Wildman–Crippen LogP) is -19.3. The van der Waals surface area contributed by atoms with Crippen LogP contribution in [0.4, 0.5) is 0 Å². The molecule has 9 rings (SSSR count). The molecule has 0 unspecified atom stereocenters. The molecular formula is C60H101N3O48S. The first kappa shape index (κ1) is 92.5. The van der Waals surface area contributed by atoms with E-state index in [4.69, 9.17) is 80.5 Å². The molecule has 0 aromatic rings. The Balaban J connectivity index is 1.10. The molecule has 0 radical (unpaired) electrons. The Labute approximate surface area is 633 Å². The number of ether oxygens (including phenoxy) is 17. The number of aliphatic hydroxyl groups is 24. The first-order valence-corrected chi connectivity index (χ1v) is 36.5. The second-order valence-electron chi connectivity index (χ2n) is 27.9. The third-order valence-electron chi connectivity index (χ3n) is 20.1. The van der Waals surface area contributed by atoms with E-state index in [-0.39, 0.29) is 0 Å². The van der Waals surface area contributed by atoms with Crippen LogP contribution < -0.4 is 16.0 Å². The van der Waals surface area contributed by atoms with E-state index in [1.807, 2.05) is 0 Å². The molecule has 0 saturated carbocycles. The van der Waals surface area contributed by atoms with Gasteiger partial charge in [0.1, 0.15) is 213 Å². The highest BCUT2D eigenvalue weighted by molar-refractivity contribution is 7.80. The number of carbonyl (C=O) groups excluding carboxylic acids is 3. The summed E-state index contributed by atoms with van der Waals surface area (Å²) in [6.07, 6.45) is -90.3. The highest BCUT2D eigenvalue weighted by atomic mass is 32.3. The lowest BCUT2D eigenvalue weighted by molar-refractivity contribution is -0.403. The Morgan fingerprint density at radius 3 is 1.14 bits per heavy atom. The van der Waals surface area contributed by atoms with Crippen molar-refractivity contribution in [2.75, 3.05) is 52.9 Å². The first-order chi connectivity index (χ1) is 52.7. The van der Waals surface area contributed by atoms with Crippen LogP contribution in [-0.4, -0.2) is 482 Å². The summed E-state index contributed by atoms with van der Waals surface area (Å²) < 4.78 is 139.